The fourth-order valence-electron chi connectivity index (χ4n) is 4.66. The van der Waals surface area contributed by atoms with Crippen LogP contribution in [0.15, 0.2) is 35.5 Å². The van der Waals surface area contributed by atoms with Crippen molar-refractivity contribution >= 4 is 47.1 Å². The van der Waals surface area contributed by atoms with Crippen molar-refractivity contribution in [1.82, 2.24) is 10.2 Å². The molecule has 1 aromatic rings. The number of β-lactam (4-membered cyclic amide) rings is 1. The standard InChI is InChI=1S/C22H23ClN2O6S.Na/c1-12(26)31-10-13-11-32-19-16(18(27)25(19)17(13)20(28)29)24-21(30)22(7-2-3-8-22)14-5-4-6-15(23)9-14;/h4-6,9,16,19H,2-3,7-8,10-11H2,1H3,(H,24,30)(H,28,29);/q;+1/p-1/t16-,19-;/m1./s1. The molecule has 1 N–H and O–H groups in total. The van der Waals surface area contributed by atoms with Crippen molar-refractivity contribution < 1.29 is 58.6 Å². The van der Waals surface area contributed by atoms with Crippen LogP contribution in [0.3, 0.4) is 0 Å². The number of nitrogens with zero attached hydrogens (tertiary/aromatic N) is 1. The maximum Gasteiger partial charge on any atom is 1.00 e. The molecule has 2 heterocycles. The first-order chi connectivity index (χ1) is 15.2. The predicted octanol–water partition coefficient (Wildman–Crippen LogP) is -1.88. The van der Waals surface area contributed by atoms with Gasteiger partial charge in [0.05, 0.1) is 17.1 Å². The molecule has 2 fully saturated rings. The molecule has 0 spiro atoms. The van der Waals surface area contributed by atoms with Gasteiger partial charge in [0.2, 0.25) is 5.91 Å². The fourth-order valence-corrected chi connectivity index (χ4v) is 6.18. The number of carboxylic acids is 1. The molecular weight excluding hydrogens is 479 g/mol. The summed E-state index contributed by atoms with van der Waals surface area (Å²) < 4.78 is 4.92. The Kier molecular flexibility index (Phi) is 8.22. The van der Waals surface area contributed by atoms with Gasteiger partial charge in [-0.2, -0.15) is 0 Å². The zero-order valence-corrected chi connectivity index (χ0v) is 22.0. The number of amides is 2. The van der Waals surface area contributed by atoms with Gasteiger partial charge in [-0.25, -0.2) is 0 Å². The number of carbonyl (C=O) groups excluding carboxylic acids is 4. The summed E-state index contributed by atoms with van der Waals surface area (Å²) in [6.45, 7) is 0.994. The first kappa shape index (κ1) is 26.1. The van der Waals surface area contributed by atoms with Gasteiger partial charge in [0.25, 0.3) is 5.91 Å². The van der Waals surface area contributed by atoms with Crippen LogP contribution in [0.5, 0.6) is 0 Å². The van der Waals surface area contributed by atoms with Crippen molar-refractivity contribution in [2.45, 2.75) is 49.4 Å². The third-order valence-corrected chi connectivity index (χ3v) is 7.82. The molecule has 11 heteroatoms. The van der Waals surface area contributed by atoms with Gasteiger partial charge in [-0.1, -0.05) is 36.6 Å². The Bertz CT molecular complexity index is 1030. The number of hydrogen-bond acceptors (Lipinski definition) is 7. The number of fused-ring (bicyclic) bond motifs is 1. The van der Waals surface area contributed by atoms with Crippen LogP contribution in [-0.2, 0) is 29.3 Å². The van der Waals surface area contributed by atoms with E-state index in [-0.39, 0.29) is 53.5 Å². The van der Waals surface area contributed by atoms with Gasteiger partial charge in [-0.3, -0.25) is 19.3 Å². The van der Waals surface area contributed by atoms with E-state index in [4.69, 9.17) is 16.3 Å². The normalized spacial score (nSPS) is 23.2. The number of carboxylic acid groups (broad SMARTS) is 1. The van der Waals surface area contributed by atoms with Crippen molar-refractivity contribution in [1.29, 1.82) is 0 Å². The number of carbonyl (C=O) groups is 4. The van der Waals surface area contributed by atoms with Gasteiger partial charge in [-0.05, 0) is 30.5 Å². The molecule has 0 radical (unpaired) electrons. The van der Waals surface area contributed by atoms with Crippen LogP contribution in [0.25, 0.3) is 0 Å². The molecule has 0 bridgehead atoms. The zero-order valence-electron chi connectivity index (χ0n) is 18.4. The number of esters is 1. The van der Waals surface area contributed by atoms with Crippen LogP contribution in [0.2, 0.25) is 5.02 Å². The van der Waals surface area contributed by atoms with E-state index in [0.29, 0.717) is 23.4 Å². The smallest absolute Gasteiger partial charge is 0.543 e. The van der Waals surface area contributed by atoms with Crippen LogP contribution in [0, 0.1) is 0 Å². The minimum Gasteiger partial charge on any atom is -0.543 e. The van der Waals surface area contributed by atoms with Gasteiger partial charge in [-0.15, -0.1) is 11.8 Å². The van der Waals surface area contributed by atoms with Crippen LogP contribution in [0.1, 0.15) is 38.2 Å². The summed E-state index contributed by atoms with van der Waals surface area (Å²) in [5.74, 6) is -2.58. The van der Waals surface area contributed by atoms with E-state index in [1.54, 1.807) is 18.2 Å². The minimum atomic E-state index is -1.51. The number of rotatable bonds is 6. The second kappa shape index (κ2) is 10.4. The Hall–Kier alpha value is -1.52. The maximum atomic E-state index is 13.4. The Morgan fingerprint density at radius 2 is 2.00 bits per heavy atom. The Morgan fingerprint density at radius 1 is 1.30 bits per heavy atom. The van der Waals surface area contributed by atoms with Gasteiger partial charge in [0.1, 0.15) is 18.0 Å². The number of aliphatic carboxylic acids is 1. The largest absolute Gasteiger partial charge is 1.00 e. The second-order valence-electron chi connectivity index (χ2n) is 8.18. The van der Waals surface area contributed by atoms with Crippen molar-refractivity contribution in [2.75, 3.05) is 12.4 Å². The molecule has 2 aliphatic heterocycles. The molecule has 0 unspecified atom stereocenters. The summed E-state index contributed by atoms with van der Waals surface area (Å²) >= 11 is 7.48. The summed E-state index contributed by atoms with van der Waals surface area (Å²) in [7, 11) is 0. The van der Waals surface area contributed by atoms with E-state index in [1.165, 1.54) is 18.7 Å². The molecule has 33 heavy (non-hydrogen) atoms. The first-order valence-corrected chi connectivity index (χ1v) is 11.8. The predicted molar refractivity (Wildman–Crippen MR) is 115 cm³/mol. The minimum absolute atomic E-state index is 0. The summed E-state index contributed by atoms with van der Waals surface area (Å²) in [5.41, 5.74) is 0.0685. The molecule has 1 aromatic carbocycles. The monoisotopic (exact) mass is 500 g/mol. The van der Waals surface area contributed by atoms with E-state index in [2.05, 4.69) is 5.32 Å². The quantitative estimate of drug-likeness (QED) is 0.276. The van der Waals surface area contributed by atoms with Crippen molar-refractivity contribution in [3.8, 4) is 0 Å². The maximum absolute atomic E-state index is 13.4. The third kappa shape index (κ3) is 4.84. The van der Waals surface area contributed by atoms with Crippen molar-refractivity contribution in [3.63, 3.8) is 0 Å². The summed E-state index contributed by atoms with van der Waals surface area (Å²) in [6.07, 6.45) is 3.08. The number of halogens is 1. The van der Waals surface area contributed by atoms with Crippen LogP contribution < -0.4 is 40.0 Å². The average Bonchev–Trinajstić information content (AvgIpc) is 3.26. The summed E-state index contributed by atoms with van der Waals surface area (Å²) in [4.78, 5) is 50.3. The SMILES string of the molecule is CC(=O)OCC1=C(C(=O)[O-])N2C(=O)[C@@H](NC(=O)C3(c4cccc(Cl)c4)CCCC3)[C@H]2SC1.[Na+]. The van der Waals surface area contributed by atoms with Gasteiger partial charge in [0, 0.05) is 23.3 Å². The summed E-state index contributed by atoms with van der Waals surface area (Å²) in [5, 5.41) is 14.6. The first-order valence-electron chi connectivity index (χ1n) is 10.3. The topological polar surface area (TPSA) is 116 Å². The van der Waals surface area contributed by atoms with Crippen LogP contribution in [-0.4, -0.2) is 52.4 Å². The van der Waals surface area contributed by atoms with E-state index in [0.717, 1.165) is 23.3 Å². The number of thioether (sulfide) groups is 1. The molecule has 2 amide bonds. The second-order valence-corrected chi connectivity index (χ2v) is 9.72. The van der Waals surface area contributed by atoms with Crippen LogP contribution >= 0.6 is 23.4 Å². The number of benzene rings is 1. The fraction of sp³-hybridized carbons (Fsp3) is 0.455. The van der Waals surface area contributed by atoms with Gasteiger partial charge < -0.3 is 20.0 Å². The molecule has 2 atom stereocenters. The number of ether oxygens (including phenoxy) is 1. The average molecular weight is 501 g/mol. The Balaban J connectivity index is 0.00000306. The third-order valence-electron chi connectivity index (χ3n) is 6.25. The number of nitrogens with one attached hydrogen (secondary N) is 1. The molecule has 3 aliphatic rings. The molecule has 1 saturated heterocycles. The number of hydrogen-bond donors (Lipinski definition) is 1. The van der Waals surface area contributed by atoms with Gasteiger partial charge in [0.15, 0.2) is 0 Å². The zero-order chi connectivity index (χ0) is 23.0. The van der Waals surface area contributed by atoms with Crippen LogP contribution in [0.4, 0.5) is 0 Å². The van der Waals surface area contributed by atoms with Gasteiger partial charge >= 0.3 is 35.5 Å². The molecular formula is C22H22ClN2NaO6S. The van der Waals surface area contributed by atoms with E-state index < -0.39 is 34.7 Å². The molecule has 1 aliphatic carbocycles. The Labute approximate surface area is 222 Å². The molecule has 4 rings (SSSR count). The van der Waals surface area contributed by atoms with E-state index in [1.807, 2.05) is 6.07 Å². The Morgan fingerprint density at radius 3 is 2.61 bits per heavy atom. The van der Waals surface area contributed by atoms with E-state index >= 15 is 0 Å². The molecule has 8 nitrogen and oxygen atoms in total. The molecule has 1 saturated carbocycles. The van der Waals surface area contributed by atoms with E-state index in [9.17, 15) is 24.3 Å². The molecule has 170 valence electrons. The van der Waals surface area contributed by atoms with Crippen molar-refractivity contribution in [2.24, 2.45) is 0 Å². The molecule has 0 aromatic heterocycles. The summed E-state index contributed by atoms with van der Waals surface area (Å²) in [6, 6.07) is 6.38. The van der Waals surface area contributed by atoms with Crippen molar-refractivity contribution in [3.05, 3.63) is 46.1 Å².